The molecule has 40 heavy (non-hydrogen) atoms. The van der Waals surface area contributed by atoms with Crippen LogP contribution in [0.1, 0.15) is 86.4 Å². The molecule has 0 bridgehead atoms. The van der Waals surface area contributed by atoms with Crippen LogP contribution in [0, 0.1) is 0 Å². The highest BCUT2D eigenvalue weighted by Gasteiger charge is 2.35. The van der Waals surface area contributed by atoms with Crippen LogP contribution in [0.3, 0.4) is 0 Å². The van der Waals surface area contributed by atoms with Crippen molar-refractivity contribution in [3.8, 4) is 0 Å². The predicted octanol–water partition coefficient (Wildman–Crippen LogP) is 10.6. The van der Waals surface area contributed by atoms with Crippen molar-refractivity contribution in [2.75, 3.05) is 5.32 Å². The molecule has 1 heteroatoms. The van der Waals surface area contributed by atoms with Crippen LogP contribution >= 0.6 is 0 Å². The maximum absolute atomic E-state index is 3.65. The third-order valence-electron chi connectivity index (χ3n) is 9.12. The average molecular weight is 522 g/mol. The van der Waals surface area contributed by atoms with E-state index in [9.17, 15) is 0 Å². The summed E-state index contributed by atoms with van der Waals surface area (Å²) in [5, 5.41) is 3.65. The Hall–Kier alpha value is -4.10. The van der Waals surface area contributed by atoms with Crippen LogP contribution in [-0.2, 0) is 10.8 Å². The molecule has 0 radical (unpaired) electrons. The van der Waals surface area contributed by atoms with E-state index in [0.29, 0.717) is 0 Å². The van der Waals surface area contributed by atoms with E-state index < -0.39 is 0 Å². The lowest BCUT2D eigenvalue weighted by atomic mass is 9.74. The number of fused-ring (bicyclic) bond motifs is 3. The Labute approximate surface area is 240 Å². The van der Waals surface area contributed by atoms with Crippen molar-refractivity contribution in [2.24, 2.45) is 0 Å². The van der Waals surface area contributed by atoms with Crippen LogP contribution in [0.5, 0.6) is 0 Å². The van der Waals surface area contributed by atoms with Gasteiger partial charge in [0.1, 0.15) is 0 Å². The first-order chi connectivity index (χ1) is 19.2. The molecule has 4 aromatic carbocycles. The number of rotatable bonds is 5. The monoisotopic (exact) mass is 521 g/mol. The molecule has 4 aromatic rings. The molecule has 0 amide bonds. The summed E-state index contributed by atoms with van der Waals surface area (Å²) >= 11 is 0. The number of nitrogens with one attached hydrogen (secondary N) is 1. The quantitative estimate of drug-likeness (QED) is 0.275. The summed E-state index contributed by atoms with van der Waals surface area (Å²) in [6.45, 7) is 13.7. The fourth-order valence-corrected chi connectivity index (χ4v) is 6.86. The van der Waals surface area contributed by atoms with Gasteiger partial charge in [0.05, 0.1) is 0 Å². The molecule has 0 fully saturated rings. The molecule has 0 aromatic heterocycles. The summed E-state index contributed by atoms with van der Waals surface area (Å²) < 4.78 is 0. The molecule has 1 N–H and O–H groups in total. The van der Waals surface area contributed by atoms with E-state index in [0.717, 1.165) is 0 Å². The van der Waals surface area contributed by atoms with Gasteiger partial charge in [-0.25, -0.2) is 0 Å². The first kappa shape index (κ1) is 26.1. The highest BCUT2D eigenvalue weighted by molar-refractivity contribution is 5.81. The molecule has 1 aliphatic heterocycles. The lowest BCUT2D eigenvalue weighted by molar-refractivity contribution is 0.638. The zero-order valence-electron chi connectivity index (χ0n) is 24.5. The molecule has 1 aliphatic carbocycles. The molecule has 1 heterocycles. The van der Waals surface area contributed by atoms with Crippen molar-refractivity contribution < 1.29 is 0 Å². The lowest BCUT2D eigenvalue weighted by Crippen LogP contribution is -2.25. The Bertz CT molecular complexity index is 1680. The molecule has 200 valence electrons. The van der Waals surface area contributed by atoms with Crippen molar-refractivity contribution in [3.63, 3.8) is 0 Å². The number of hydrogen-bond acceptors (Lipinski definition) is 1. The fourth-order valence-electron chi connectivity index (χ4n) is 6.86. The molecule has 2 aliphatic rings. The van der Waals surface area contributed by atoms with Crippen molar-refractivity contribution in [3.05, 3.63) is 154 Å². The Balaban J connectivity index is 1.39. The van der Waals surface area contributed by atoms with Gasteiger partial charge in [-0.3, -0.25) is 0 Å². The average Bonchev–Trinajstić information content (AvgIpc) is 3.14. The topological polar surface area (TPSA) is 12.0 Å². The molecule has 0 spiro atoms. The van der Waals surface area contributed by atoms with Crippen molar-refractivity contribution >= 4 is 23.0 Å². The van der Waals surface area contributed by atoms with E-state index in [1.807, 2.05) is 0 Å². The number of allylic oxidation sites excluding steroid dienone is 5. The van der Waals surface area contributed by atoms with E-state index in [2.05, 4.69) is 162 Å². The molecule has 0 saturated heterocycles. The summed E-state index contributed by atoms with van der Waals surface area (Å²) in [5.74, 6) is 0.163. The Kier molecular flexibility index (Phi) is 6.42. The van der Waals surface area contributed by atoms with Crippen molar-refractivity contribution in [2.45, 2.75) is 58.3 Å². The minimum Gasteiger partial charge on any atom is -0.355 e. The highest BCUT2D eigenvalue weighted by atomic mass is 14.9. The van der Waals surface area contributed by atoms with Gasteiger partial charge in [-0.1, -0.05) is 125 Å². The second-order valence-electron chi connectivity index (χ2n) is 12.3. The molecule has 6 rings (SSSR count). The van der Waals surface area contributed by atoms with Crippen molar-refractivity contribution in [1.29, 1.82) is 0 Å². The largest absolute Gasteiger partial charge is 0.355 e. The minimum absolute atomic E-state index is 0.0136. The second kappa shape index (κ2) is 9.82. The Morgan fingerprint density at radius 1 is 0.650 bits per heavy atom. The summed E-state index contributed by atoms with van der Waals surface area (Å²) in [6, 6.07) is 33.5. The van der Waals surface area contributed by atoms with E-state index >= 15 is 0 Å². The van der Waals surface area contributed by atoms with Gasteiger partial charge in [-0.2, -0.15) is 0 Å². The zero-order chi connectivity index (χ0) is 28.1. The number of para-hydroxylation sites is 1. The molecule has 1 atom stereocenters. The number of benzene rings is 4. The number of anilines is 2. The van der Waals surface area contributed by atoms with E-state index in [1.165, 1.54) is 61.5 Å². The molecule has 0 saturated carbocycles. The Morgan fingerprint density at radius 3 is 2.15 bits per heavy atom. The van der Waals surface area contributed by atoms with Gasteiger partial charge in [0.25, 0.3) is 0 Å². The van der Waals surface area contributed by atoms with Crippen LogP contribution in [-0.4, -0.2) is 0 Å². The third-order valence-corrected chi connectivity index (χ3v) is 9.12. The van der Waals surface area contributed by atoms with Crippen molar-refractivity contribution in [1.82, 2.24) is 0 Å². The molecule has 1 unspecified atom stereocenters. The van der Waals surface area contributed by atoms with E-state index in [1.54, 1.807) is 0 Å². The second-order valence-corrected chi connectivity index (χ2v) is 12.3. The third kappa shape index (κ3) is 4.25. The predicted molar refractivity (Wildman–Crippen MR) is 172 cm³/mol. The summed E-state index contributed by atoms with van der Waals surface area (Å²) in [4.78, 5) is 0. The lowest BCUT2D eigenvalue weighted by Gasteiger charge is -2.35. The maximum Gasteiger partial charge on any atom is 0.0426 e. The van der Waals surface area contributed by atoms with Gasteiger partial charge in [-0.15, -0.1) is 0 Å². The van der Waals surface area contributed by atoms with Gasteiger partial charge in [0.2, 0.25) is 0 Å². The van der Waals surface area contributed by atoms with E-state index in [4.69, 9.17) is 0 Å². The van der Waals surface area contributed by atoms with Gasteiger partial charge < -0.3 is 5.32 Å². The molecular weight excluding hydrogens is 482 g/mol. The molecule has 1 nitrogen and oxygen atoms in total. The van der Waals surface area contributed by atoms with Gasteiger partial charge in [-0.05, 0) is 82.1 Å². The smallest absolute Gasteiger partial charge is 0.0426 e. The van der Waals surface area contributed by atoms with Crippen LogP contribution < -0.4 is 5.32 Å². The normalized spacial score (nSPS) is 17.4. The highest BCUT2D eigenvalue weighted by Crippen LogP contribution is 2.48. The van der Waals surface area contributed by atoms with Crippen LogP contribution in [0.4, 0.5) is 11.4 Å². The Morgan fingerprint density at radius 2 is 1.38 bits per heavy atom. The van der Waals surface area contributed by atoms with E-state index in [-0.39, 0.29) is 16.7 Å². The van der Waals surface area contributed by atoms with Crippen LogP contribution in [0.15, 0.2) is 115 Å². The summed E-state index contributed by atoms with van der Waals surface area (Å²) in [5.41, 5.74) is 14.5. The van der Waals surface area contributed by atoms with Crippen LogP contribution in [0.25, 0.3) is 11.6 Å². The van der Waals surface area contributed by atoms with Crippen LogP contribution in [0.2, 0.25) is 0 Å². The first-order valence-corrected chi connectivity index (χ1v) is 14.4. The maximum atomic E-state index is 3.65. The van der Waals surface area contributed by atoms with Gasteiger partial charge >= 0.3 is 0 Å². The van der Waals surface area contributed by atoms with Gasteiger partial charge in [0, 0.05) is 28.1 Å². The number of hydrogen-bond donors (Lipinski definition) is 1. The summed E-state index contributed by atoms with van der Waals surface area (Å²) in [6.07, 6.45) is 9.14. The first-order valence-electron chi connectivity index (χ1n) is 14.4. The fraction of sp³-hybridized carbons (Fsp3) is 0.231. The molecular formula is C39H39N. The minimum atomic E-state index is -0.0685. The zero-order valence-corrected chi connectivity index (χ0v) is 24.5. The SMILES string of the molecule is C/C=C\C1=C(C)c2ccc(C(/C=C/c3ccc4c(c3)C(C)(C)c3ccccc3N4)c3ccccc3)cc2C1(C)C. The standard InChI is InChI=1S/C39H39N/c1-7-13-32-26(2)30-22-20-29(25-34(30)38(32,3)4)31(28-14-9-8-10-15-28)21-18-27-19-23-37-35(24-27)39(5,6)33-16-11-12-17-36(33)40-37/h7-25,31,40H,1-6H3/b13-7-,21-18+. The van der Waals surface area contributed by atoms with Gasteiger partial charge in [0.15, 0.2) is 0 Å². The summed E-state index contributed by atoms with van der Waals surface area (Å²) in [7, 11) is 0.